The van der Waals surface area contributed by atoms with Crippen LogP contribution in [0.2, 0.25) is 4.34 Å². The van der Waals surface area contributed by atoms with Gasteiger partial charge >= 0.3 is 0 Å². The molecular formula is C12H17ClO2S. The van der Waals surface area contributed by atoms with Gasteiger partial charge in [-0.25, -0.2) is 0 Å². The molecule has 0 aromatic carbocycles. The van der Waals surface area contributed by atoms with Crippen LogP contribution in [0.5, 0.6) is 0 Å². The average molecular weight is 261 g/mol. The number of hydrogen-bond acceptors (Lipinski definition) is 3. The van der Waals surface area contributed by atoms with Crippen LogP contribution in [-0.4, -0.2) is 23.9 Å². The van der Waals surface area contributed by atoms with Gasteiger partial charge in [0.25, 0.3) is 0 Å². The van der Waals surface area contributed by atoms with E-state index in [4.69, 9.17) is 16.3 Å². The molecule has 0 spiro atoms. The topological polar surface area (TPSA) is 29.5 Å². The highest BCUT2D eigenvalue weighted by Gasteiger charge is 2.40. The fourth-order valence-electron chi connectivity index (χ4n) is 2.48. The molecule has 1 unspecified atom stereocenters. The van der Waals surface area contributed by atoms with E-state index in [-0.39, 0.29) is 5.60 Å². The van der Waals surface area contributed by atoms with Crippen LogP contribution in [0.3, 0.4) is 0 Å². The Balaban J connectivity index is 2.03. The van der Waals surface area contributed by atoms with E-state index in [0.29, 0.717) is 6.42 Å². The van der Waals surface area contributed by atoms with Crippen LogP contribution in [0.25, 0.3) is 0 Å². The summed E-state index contributed by atoms with van der Waals surface area (Å²) in [5, 5.41) is 10.3. The molecule has 0 amide bonds. The second-order valence-corrected chi connectivity index (χ2v) is 6.20. The summed E-state index contributed by atoms with van der Waals surface area (Å²) < 4.78 is 6.34. The van der Waals surface area contributed by atoms with E-state index in [1.807, 2.05) is 12.1 Å². The van der Waals surface area contributed by atoms with Crippen molar-refractivity contribution in [1.29, 1.82) is 0 Å². The molecule has 0 saturated heterocycles. The van der Waals surface area contributed by atoms with Gasteiger partial charge in [-0.05, 0) is 25.0 Å². The highest BCUT2D eigenvalue weighted by molar-refractivity contribution is 7.16. The van der Waals surface area contributed by atoms with E-state index in [2.05, 4.69) is 0 Å². The third kappa shape index (κ3) is 2.43. The maximum absolute atomic E-state index is 10.3. The molecule has 0 bridgehead atoms. The molecule has 1 aromatic heterocycles. The zero-order chi connectivity index (χ0) is 11.6. The summed E-state index contributed by atoms with van der Waals surface area (Å²) in [6.45, 7) is 0. The highest BCUT2D eigenvalue weighted by Crippen LogP contribution is 2.37. The van der Waals surface area contributed by atoms with Crippen molar-refractivity contribution in [3.63, 3.8) is 0 Å². The summed E-state index contributed by atoms with van der Waals surface area (Å²) in [7, 11) is 1.70. The molecule has 90 valence electrons. The fraction of sp³-hybridized carbons (Fsp3) is 0.667. The molecule has 0 radical (unpaired) electrons. The SMILES string of the molecule is COC1(C(O)Cc2ccc(Cl)s2)CCCC1. The molecule has 2 rings (SSSR count). The Kier molecular flexibility index (Phi) is 3.90. The van der Waals surface area contributed by atoms with E-state index >= 15 is 0 Å². The van der Waals surface area contributed by atoms with Crippen molar-refractivity contribution in [1.82, 2.24) is 0 Å². The molecule has 0 aliphatic heterocycles. The van der Waals surface area contributed by atoms with Gasteiger partial charge in [0.1, 0.15) is 0 Å². The van der Waals surface area contributed by atoms with Crippen LogP contribution in [0.4, 0.5) is 0 Å². The quantitative estimate of drug-likeness (QED) is 0.901. The molecule has 2 nitrogen and oxygen atoms in total. The van der Waals surface area contributed by atoms with Crippen molar-refractivity contribution in [3.05, 3.63) is 21.3 Å². The lowest BCUT2D eigenvalue weighted by atomic mass is 9.92. The molecular weight excluding hydrogens is 244 g/mol. The van der Waals surface area contributed by atoms with Crippen molar-refractivity contribution in [3.8, 4) is 0 Å². The van der Waals surface area contributed by atoms with Crippen LogP contribution < -0.4 is 0 Å². The number of aliphatic hydroxyl groups is 1. The largest absolute Gasteiger partial charge is 0.390 e. The zero-order valence-electron chi connectivity index (χ0n) is 9.41. The first kappa shape index (κ1) is 12.4. The van der Waals surface area contributed by atoms with Gasteiger partial charge in [-0.15, -0.1) is 11.3 Å². The van der Waals surface area contributed by atoms with Gasteiger partial charge in [-0.2, -0.15) is 0 Å². The Labute approximate surface area is 105 Å². The molecule has 1 aliphatic carbocycles. The van der Waals surface area contributed by atoms with Crippen LogP contribution in [0.1, 0.15) is 30.6 Å². The number of thiophene rings is 1. The Morgan fingerprint density at radius 2 is 2.19 bits per heavy atom. The number of ether oxygens (including phenoxy) is 1. The molecule has 16 heavy (non-hydrogen) atoms. The van der Waals surface area contributed by atoms with E-state index in [1.165, 1.54) is 11.3 Å². The minimum atomic E-state index is -0.422. The summed E-state index contributed by atoms with van der Waals surface area (Å²) in [5.74, 6) is 0. The van der Waals surface area contributed by atoms with Crippen LogP contribution in [0.15, 0.2) is 12.1 Å². The van der Waals surface area contributed by atoms with Crippen molar-refractivity contribution in [2.24, 2.45) is 0 Å². The second kappa shape index (κ2) is 5.05. The van der Waals surface area contributed by atoms with Crippen LogP contribution >= 0.6 is 22.9 Å². The number of halogens is 1. The molecule has 1 saturated carbocycles. The molecule has 1 N–H and O–H groups in total. The number of methoxy groups -OCH3 is 1. The molecule has 1 atom stereocenters. The van der Waals surface area contributed by atoms with Crippen molar-refractivity contribution >= 4 is 22.9 Å². The maximum atomic E-state index is 10.3. The van der Waals surface area contributed by atoms with Crippen molar-refractivity contribution in [2.45, 2.75) is 43.8 Å². The van der Waals surface area contributed by atoms with Gasteiger partial charge in [0.05, 0.1) is 16.0 Å². The average Bonchev–Trinajstić information content (AvgIpc) is 2.88. The Morgan fingerprint density at radius 1 is 1.50 bits per heavy atom. The van der Waals surface area contributed by atoms with Crippen molar-refractivity contribution < 1.29 is 9.84 Å². The predicted octanol–water partition coefficient (Wildman–Crippen LogP) is 3.26. The highest BCUT2D eigenvalue weighted by atomic mass is 35.5. The summed E-state index contributed by atoms with van der Waals surface area (Å²) in [5.41, 5.74) is -0.323. The lowest BCUT2D eigenvalue weighted by Gasteiger charge is -2.32. The summed E-state index contributed by atoms with van der Waals surface area (Å²) in [6.07, 6.45) is 4.44. The van der Waals surface area contributed by atoms with E-state index < -0.39 is 6.10 Å². The normalized spacial score (nSPS) is 21.2. The molecule has 4 heteroatoms. The van der Waals surface area contributed by atoms with Gasteiger partial charge in [0.15, 0.2) is 0 Å². The fourth-order valence-corrected chi connectivity index (χ4v) is 3.61. The van der Waals surface area contributed by atoms with Crippen LogP contribution in [0, 0.1) is 0 Å². The lowest BCUT2D eigenvalue weighted by Crippen LogP contribution is -2.42. The van der Waals surface area contributed by atoms with Gasteiger partial charge in [0, 0.05) is 18.4 Å². The summed E-state index contributed by atoms with van der Waals surface area (Å²) >= 11 is 7.41. The molecule has 1 aromatic rings. The molecule has 1 heterocycles. The molecule has 1 fully saturated rings. The predicted molar refractivity (Wildman–Crippen MR) is 67.2 cm³/mol. The van der Waals surface area contributed by atoms with Gasteiger partial charge in [-0.1, -0.05) is 24.4 Å². The smallest absolute Gasteiger partial charge is 0.0939 e. The summed E-state index contributed by atoms with van der Waals surface area (Å²) in [4.78, 5) is 1.13. The maximum Gasteiger partial charge on any atom is 0.0939 e. The Morgan fingerprint density at radius 3 is 2.69 bits per heavy atom. The third-order valence-corrected chi connectivity index (χ3v) is 4.74. The minimum absolute atomic E-state index is 0.323. The lowest BCUT2D eigenvalue weighted by molar-refractivity contribution is -0.0968. The number of rotatable bonds is 4. The number of aliphatic hydroxyl groups excluding tert-OH is 1. The molecule has 1 aliphatic rings. The Hall–Kier alpha value is -0.0900. The second-order valence-electron chi connectivity index (χ2n) is 4.40. The standard InChI is InChI=1S/C12H17ClO2S/c1-15-12(6-2-3-7-12)10(14)8-9-4-5-11(13)16-9/h4-5,10,14H,2-3,6-8H2,1H3. The monoisotopic (exact) mass is 260 g/mol. The van der Waals surface area contributed by atoms with Crippen LogP contribution in [-0.2, 0) is 11.2 Å². The Bertz CT molecular complexity index is 345. The summed E-state index contributed by atoms with van der Waals surface area (Å²) in [6, 6.07) is 3.86. The van der Waals surface area contributed by atoms with Gasteiger partial charge in [0.2, 0.25) is 0 Å². The number of hydrogen-bond donors (Lipinski definition) is 1. The van der Waals surface area contributed by atoms with Gasteiger partial charge < -0.3 is 9.84 Å². The zero-order valence-corrected chi connectivity index (χ0v) is 11.0. The third-order valence-electron chi connectivity index (χ3n) is 3.49. The minimum Gasteiger partial charge on any atom is -0.390 e. The van der Waals surface area contributed by atoms with Crippen molar-refractivity contribution in [2.75, 3.05) is 7.11 Å². The first-order valence-corrected chi connectivity index (χ1v) is 6.83. The van der Waals surface area contributed by atoms with E-state index in [0.717, 1.165) is 34.9 Å². The van der Waals surface area contributed by atoms with Gasteiger partial charge in [-0.3, -0.25) is 0 Å². The van der Waals surface area contributed by atoms with E-state index in [9.17, 15) is 5.11 Å². The first-order chi connectivity index (χ1) is 7.66. The van der Waals surface area contributed by atoms with E-state index in [1.54, 1.807) is 7.11 Å². The first-order valence-electron chi connectivity index (χ1n) is 5.64.